The van der Waals surface area contributed by atoms with Crippen molar-refractivity contribution in [1.29, 1.82) is 0 Å². The lowest BCUT2D eigenvalue weighted by Gasteiger charge is -2.30. The normalized spacial score (nSPS) is 19.5. The number of halogens is 7. The fourth-order valence-corrected chi connectivity index (χ4v) is 5.49. The van der Waals surface area contributed by atoms with E-state index in [9.17, 15) is 35.9 Å². The van der Waals surface area contributed by atoms with Gasteiger partial charge in [0.05, 0.1) is 28.8 Å². The number of methoxy groups -OCH3 is 1. The Bertz CT molecular complexity index is 1580. The van der Waals surface area contributed by atoms with Crippen molar-refractivity contribution in [2.24, 2.45) is 11.3 Å². The van der Waals surface area contributed by atoms with E-state index in [2.05, 4.69) is 30.9 Å². The van der Waals surface area contributed by atoms with E-state index >= 15 is 0 Å². The van der Waals surface area contributed by atoms with Crippen LogP contribution in [0.25, 0.3) is 11.2 Å². The van der Waals surface area contributed by atoms with Crippen LogP contribution in [-0.2, 0) is 16.1 Å². The second kappa shape index (κ2) is 13.1. The maximum atomic E-state index is 13.3. The molecule has 0 unspecified atom stereocenters. The number of anilines is 2. The van der Waals surface area contributed by atoms with Crippen molar-refractivity contribution in [1.82, 2.24) is 25.6 Å². The molecule has 2 saturated carbocycles. The van der Waals surface area contributed by atoms with Crippen molar-refractivity contribution in [3.8, 4) is 5.88 Å². The summed E-state index contributed by atoms with van der Waals surface area (Å²) in [6.07, 6.45) is -9.19. The highest BCUT2D eigenvalue weighted by Gasteiger charge is 2.68. The van der Waals surface area contributed by atoms with Crippen molar-refractivity contribution < 1.29 is 45.4 Å². The first-order valence-corrected chi connectivity index (χ1v) is 14.9. The fraction of sp³-hybridized carbons (Fsp3) is 0.517. The van der Waals surface area contributed by atoms with E-state index in [4.69, 9.17) is 21.1 Å². The monoisotopic (exact) mass is 676 g/mol. The number of nitrogens with one attached hydrogen (secondary N) is 4. The highest BCUT2D eigenvalue weighted by atomic mass is 35.5. The molecule has 0 spiro atoms. The molecule has 2 fully saturated rings. The topological polar surface area (TPSA) is 130 Å². The Hall–Kier alpha value is -3.79. The zero-order valence-corrected chi connectivity index (χ0v) is 25.3. The van der Waals surface area contributed by atoms with Crippen LogP contribution in [0.2, 0.25) is 5.02 Å². The molecule has 17 heteroatoms. The summed E-state index contributed by atoms with van der Waals surface area (Å²) >= 11 is 6.34. The number of aromatic amines is 1. The van der Waals surface area contributed by atoms with Crippen LogP contribution in [0.5, 0.6) is 5.88 Å². The van der Waals surface area contributed by atoms with Gasteiger partial charge in [0.25, 0.3) is 5.91 Å². The molecule has 4 N–H and O–H groups in total. The molecule has 1 aromatic carbocycles. The standard InChI is InChI=1S/C29H31ClF6N6O4/c1-45-10-11-46-24-18(23(43)38-17-5-3-16(4-6-17)28(31,32)33)13-21-22(41-24)42-26(40-21)39-20-12-15(2-7-19(20)30)14-37-25(44)27(8-9-27)29(34,35)36/h2,7,12-13,16-17H,3-6,8-11,14H2,1H3,(H,37,44)(H,38,43)(H2,39,40,41,42)/t16-,17-. The van der Waals surface area contributed by atoms with Gasteiger partial charge in [0, 0.05) is 19.7 Å². The Morgan fingerprint density at radius 3 is 2.39 bits per heavy atom. The molecule has 2 amide bonds. The van der Waals surface area contributed by atoms with E-state index in [-0.39, 0.29) is 86.3 Å². The molecule has 0 bridgehead atoms. The predicted octanol–water partition coefficient (Wildman–Crippen LogP) is 6.19. The largest absolute Gasteiger partial charge is 0.475 e. The number of nitrogens with zero attached hydrogens (tertiary/aromatic N) is 2. The molecule has 0 saturated heterocycles. The summed E-state index contributed by atoms with van der Waals surface area (Å²) in [5.41, 5.74) is -0.999. The number of carbonyl (C=O) groups excluding carboxylic acids is 2. The van der Waals surface area contributed by atoms with Crippen LogP contribution in [0, 0.1) is 11.3 Å². The number of amides is 2. The average Bonchev–Trinajstić information content (AvgIpc) is 3.73. The van der Waals surface area contributed by atoms with Crippen molar-refractivity contribution in [2.45, 2.75) is 63.5 Å². The lowest BCUT2D eigenvalue weighted by atomic mass is 9.85. The summed E-state index contributed by atoms with van der Waals surface area (Å²) in [4.78, 5) is 37.2. The van der Waals surface area contributed by atoms with Crippen LogP contribution in [0.15, 0.2) is 24.3 Å². The number of hydrogen-bond donors (Lipinski definition) is 4. The molecule has 0 atom stereocenters. The van der Waals surface area contributed by atoms with E-state index in [1.54, 1.807) is 12.1 Å². The summed E-state index contributed by atoms with van der Waals surface area (Å²) in [7, 11) is 1.47. The smallest absolute Gasteiger partial charge is 0.403 e. The minimum absolute atomic E-state index is 0.0415. The van der Waals surface area contributed by atoms with Crippen LogP contribution in [0.3, 0.4) is 0 Å². The third kappa shape index (κ3) is 7.43. The van der Waals surface area contributed by atoms with Gasteiger partial charge in [-0.3, -0.25) is 9.59 Å². The number of alkyl halides is 6. The van der Waals surface area contributed by atoms with Crippen LogP contribution in [-0.4, -0.2) is 65.5 Å². The first-order chi connectivity index (χ1) is 21.7. The van der Waals surface area contributed by atoms with E-state index in [0.717, 1.165) is 0 Å². The average molecular weight is 677 g/mol. The first-order valence-electron chi connectivity index (χ1n) is 14.5. The molecule has 250 valence electrons. The highest BCUT2D eigenvalue weighted by molar-refractivity contribution is 6.33. The summed E-state index contributed by atoms with van der Waals surface area (Å²) in [6, 6.07) is 5.62. The summed E-state index contributed by atoms with van der Waals surface area (Å²) in [5.74, 6) is -2.93. The van der Waals surface area contributed by atoms with E-state index in [0.29, 0.717) is 16.8 Å². The minimum atomic E-state index is -4.62. The van der Waals surface area contributed by atoms with Gasteiger partial charge in [-0.2, -0.15) is 36.3 Å². The quantitative estimate of drug-likeness (QED) is 0.141. The zero-order chi connectivity index (χ0) is 33.3. The molecule has 10 nitrogen and oxygen atoms in total. The van der Waals surface area contributed by atoms with Gasteiger partial charge in [0.1, 0.15) is 17.6 Å². The zero-order valence-electron chi connectivity index (χ0n) is 24.5. The van der Waals surface area contributed by atoms with Crippen LogP contribution >= 0.6 is 11.6 Å². The lowest BCUT2D eigenvalue weighted by Crippen LogP contribution is -2.40. The number of hydrogen-bond acceptors (Lipinski definition) is 7. The number of aromatic nitrogens is 3. The van der Waals surface area contributed by atoms with Crippen molar-refractivity contribution in [3.63, 3.8) is 0 Å². The summed E-state index contributed by atoms with van der Waals surface area (Å²) in [6.45, 7) is 0.0926. The van der Waals surface area contributed by atoms with Gasteiger partial charge in [0.2, 0.25) is 17.7 Å². The molecule has 2 aromatic heterocycles. The molecule has 3 aromatic rings. The third-order valence-electron chi connectivity index (χ3n) is 8.20. The van der Waals surface area contributed by atoms with Crippen molar-refractivity contribution in [3.05, 3.63) is 40.4 Å². The Balaban J connectivity index is 1.30. The minimum Gasteiger partial charge on any atom is -0.475 e. The number of carbonyl (C=O) groups is 2. The van der Waals surface area contributed by atoms with Gasteiger partial charge in [-0.15, -0.1) is 0 Å². The van der Waals surface area contributed by atoms with Crippen LogP contribution in [0.1, 0.15) is 54.4 Å². The van der Waals surface area contributed by atoms with E-state index < -0.39 is 41.5 Å². The second-order valence-electron chi connectivity index (χ2n) is 11.4. The molecule has 0 aliphatic heterocycles. The SMILES string of the molecule is COCCOc1nc2nc(Nc3cc(CNC(=O)C4(C(F)(F)F)CC4)ccc3Cl)[nH]c2cc1C(=O)N[C@H]1CC[C@H](C(F)(F)F)CC1. The van der Waals surface area contributed by atoms with Crippen LogP contribution < -0.4 is 20.7 Å². The molecular weight excluding hydrogens is 646 g/mol. The molecule has 0 radical (unpaired) electrons. The lowest BCUT2D eigenvalue weighted by molar-refractivity contribution is -0.192. The number of fused-ring (bicyclic) bond motifs is 1. The van der Waals surface area contributed by atoms with Crippen LogP contribution in [0.4, 0.5) is 38.0 Å². The maximum absolute atomic E-state index is 13.3. The Kier molecular flexibility index (Phi) is 9.59. The van der Waals surface area contributed by atoms with Crippen molar-refractivity contribution >= 4 is 46.2 Å². The Morgan fingerprint density at radius 2 is 1.76 bits per heavy atom. The van der Waals surface area contributed by atoms with E-state index in [1.807, 2.05) is 0 Å². The fourth-order valence-electron chi connectivity index (χ4n) is 5.33. The Labute approximate surface area is 264 Å². The number of ether oxygens (including phenoxy) is 2. The first kappa shape index (κ1) is 33.6. The van der Waals surface area contributed by atoms with Gasteiger partial charge in [-0.1, -0.05) is 17.7 Å². The number of H-pyrrole nitrogens is 1. The summed E-state index contributed by atoms with van der Waals surface area (Å²) < 4.78 is 89.7. The van der Waals surface area contributed by atoms with Gasteiger partial charge in [0.15, 0.2) is 5.65 Å². The number of benzene rings is 1. The number of pyridine rings is 1. The maximum Gasteiger partial charge on any atom is 0.403 e. The van der Waals surface area contributed by atoms with Gasteiger partial charge >= 0.3 is 12.4 Å². The van der Waals surface area contributed by atoms with Gasteiger partial charge in [-0.05, 0) is 62.3 Å². The number of imidazole rings is 1. The van der Waals surface area contributed by atoms with Gasteiger partial charge < -0.3 is 30.4 Å². The third-order valence-corrected chi connectivity index (χ3v) is 8.53. The molecule has 46 heavy (non-hydrogen) atoms. The predicted molar refractivity (Wildman–Crippen MR) is 155 cm³/mol. The molecule has 2 heterocycles. The Morgan fingerprint density at radius 1 is 1.04 bits per heavy atom. The molecule has 5 rings (SSSR count). The molecular formula is C29H31ClF6N6O4. The van der Waals surface area contributed by atoms with Crippen molar-refractivity contribution in [2.75, 3.05) is 25.6 Å². The molecule has 2 aliphatic carbocycles. The number of rotatable bonds is 11. The van der Waals surface area contributed by atoms with E-state index in [1.165, 1.54) is 19.2 Å². The molecule has 2 aliphatic rings. The summed E-state index contributed by atoms with van der Waals surface area (Å²) in [5, 5.41) is 8.36. The van der Waals surface area contributed by atoms with Gasteiger partial charge in [-0.25, -0.2) is 0 Å². The second-order valence-corrected chi connectivity index (χ2v) is 11.8. The highest BCUT2D eigenvalue weighted by Crippen LogP contribution is 2.57.